The van der Waals surface area contributed by atoms with E-state index in [1.807, 2.05) is 31.2 Å². The molecule has 6 nitrogen and oxygen atoms in total. The zero-order valence-electron chi connectivity index (χ0n) is 18.0. The maximum Gasteiger partial charge on any atom is 0.273 e. The molecule has 0 radical (unpaired) electrons. The maximum atomic E-state index is 12.8. The van der Waals surface area contributed by atoms with Crippen molar-refractivity contribution >= 4 is 11.6 Å². The Hall–Kier alpha value is -3.02. The van der Waals surface area contributed by atoms with E-state index in [1.54, 1.807) is 7.11 Å². The number of carbonyl (C=O) groups is 1. The molecular weight excluding hydrogens is 380 g/mol. The number of nitrogens with one attached hydrogen (secondary N) is 1. The van der Waals surface area contributed by atoms with Gasteiger partial charge in [0.25, 0.3) is 5.91 Å². The van der Waals surface area contributed by atoms with Crippen molar-refractivity contribution in [3.8, 4) is 11.5 Å². The van der Waals surface area contributed by atoms with Gasteiger partial charge in [0, 0.05) is 12.1 Å². The van der Waals surface area contributed by atoms with Crippen LogP contribution in [0.15, 0.2) is 41.6 Å². The molecule has 1 amide bonds. The summed E-state index contributed by atoms with van der Waals surface area (Å²) in [6.45, 7) is 2.97. The fourth-order valence-corrected chi connectivity index (χ4v) is 3.75. The molecule has 0 fully saturated rings. The minimum Gasteiger partial charge on any atom is -0.493 e. The molecule has 30 heavy (non-hydrogen) atoms. The molecule has 0 atom stereocenters. The number of carbonyl (C=O) groups excluding carboxylic acids is 1. The van der Waals surface area contributed by atoms with Crippen molar-refractivity contribution in [1.29, 1.82) is 0 Å². The third-order valence-electron chi connectivity index (χ3n) is 5.25. The Bertz CT molecular complexity index is 908. The van der Waals surface area contributed by atoms with E-state index < -0.39 is 0 Å². The molecule has 0 saturated heterocycles. The van der Waals surface area contributed by atoms with Crippen LogP contribution in [0.25, 0.3) is 0 Å². The molecule has 6 heteroatoms. The van der Waals surface area contributed by atoms with Crippen molar-refractivity contribution in [2.75, 3.05) is 27.4 Å². The van der Waals surface area contributed by atoms with Crippen LogP contribution >= 0.6 is 0 Å². The number of rotatable bonds is 9. The van der Waals surface area contributed by atoms with Crippen LogP contribution in [0, 0.1) is 0 Å². The first-order valence-corrected chi connectivity index (χ1v) is 10.5. The Kier molecular flexibility index (Phi) is 7.71. The topological polar surface area (TPSA) is 69.2 Å². The normalized spacial score (nSPS) is 13.4. The Morgan fingerprint density at radius 2 is 1.83 bits per heavy atom. The van der Waals surface area contributed by atoms with Crippen LogP contribution in [0.4, 0.5) is 0 Å². The Morgan fingerprint density at radius 3 is 2.57 bits per heavy atom. The van der Waals surface area contributed by atoms with Crippen molar-refractivity contribution < 1.29 is 19.1 Å². The molecule has 0 aromatic heterocycles. The summed E-state index contributed by atoms with van der Waals surface area (Å²) in [5.41, 5.74) is 4.82. The molecule has 0 spiro atoms. The van der Waals surface area contributed by atoms with Gasteiger partial charge in [-0.3, -0.25) is 4.79 Å². The van der Waals surface area contributed by atoms with Crippen LogP contribution in [0.1, 0.15) is 42.0 Å². The molecule has 0 heterocycles. The smallest absolute Gasteiger partial charge is 0.273 e. The number of ether oxygens (including phenoxy) is 2. The number of methoxy groups -OCH3 is 1. The number of hydrogen-bond acceptors (Lipinski definition) is 5. The first kappa shape index (κ1) is 21.7. The standard InChI is InChI=1S/C24H30N2O4/c1-4-30-22-15-17(9-12-21(22)28-2)13-14-25-24(27)23(26-29-3)20-11-10-18-7-5-6-8-19(18)16-20/h9-12,15-16H,4-8,13-14H2,1-3H3,(H,25,27). The SMILES string of the molecule is CCOc1cc(CCNC(=O)C(=NOC)c2ccc3c(c2)CCCC3)ccc1OC. The zero-order valence-corrected chi connectivity index (χ0v) is 18.0. The predicted molar refractivity (Wildman–Crippen MR) is 118 cm³/mol. The van der Waals surface area contributed by atoms with E-state index in [2.05, 4.69) is 22.6 Å². The lowest BCUT2D eigenvalue weighted by Gasteiger charge is -2.17. The number of hydrogen-bond donors (Lipinski definition) is 1. The van der Waals surface area contributed by atoms with Crippen LogP contribution in [-0.4, -0.2) is 39.0 Å². The molecule has 0 aliphatic heterocycles. The Labute approximate surface area is 178 Å². The highest BCUT2D eigenvalue weighted by Gasteiger charge is 2.18. The van der Waals surface area contributed by atoms with Crippen molar-refractivity contribution in [2.45, 2.75) is 39.0 Å². The van der Waals surface area contributed by atoms with Crippen LogP contribution in [0.5, 0.6) is 11.5 Å². The van der Waals surface area contributed by atoms with E-state index in [0.717, 1.165) is 24.0 Å². The molecule has 160 valence electrons. The van der Waals surface area contributed by atoms with Crippen molar-refractivity contribution in [1.82, 2.24) is 5.32 Å². The number of benzene rings is 2. The summed E-state index contributed by atoms with van der Waals surface area (Å²) in [7, 11) is 3.08. The second kappa shape index (κ2) is 10.7. The molecule has 1 aliphatic carbocycles. The minimum atomic E-state index is -0.244. The second-order valence-corrected chi connectivity index (χ2v) is 7.24. The molecular formula is C24H30N2O4. The first-order chi connectivity index (χ1) is 14.7. The number of nitrogens with zero attached hydrogens (tertiary/aromatic N) is 1. The summed E-state index contributed by atoms with van der Waals surface area (Å²) in [4.78, 5) is 17.7. The van der Waals surface area contributed by atoms with E-state index in [4.69, 9.17) is 14.3 Å². The molecule has 1 aliphatic rings. The van der Waals surface area contributed by atoms with E-state index in [-0.39, 0.29) is 5.91 Å². The van der Waals surface area contributed by atoms with Crippen molar-refractivity contribution in [2.24, 2.45) is 5.16 Å². The van der Waals surface area contributed by atoms with Gasteiger partial charge in [-0.2, -0.15) is 0 Å². The van der Waals surface area contributed by atoms with Crippen molar-refractivity contribution in [3.63, 3.8) is 0 Å². The van der Waals surface area contributed by atoms with Gasteiger partial charge in [-0.25, -0.2) is 0 Å². The first-order valence-electron chi connectivity index (χ1n) is 10.5. The van der Waals surface area contributed by atoms with Gasteiger partial charge in [0.05, 0.1) is 13.7 Å². The quantitative estimate of drug-likeness (QED) is 0.506. The van der Waals surface area contributed by atoms with Gasteiger partial charge < -0.3 is 19.6 Å². The summed E-state index contributed by atoms with van der Waals surface area (Å²) in [6.07, 6.45) is 5.22. The summed E-state index contributed by atoms with van der Waals surface area (Å²) in [5.74, 6) is 1.16. The zero-order chi connectivity index (χ0) is 21.3. The lowest BCUT2D eigenvalue weighted by Crippen LogP contribution is -2.33. The van der Waals surface area contributed by atoms with Gasteiger partial charge in [-0.05, 0) is 73.9 Å². The fourth-order valence-electron chi connectivity index (χ4n) is 3.75. The highest BCUT2D eigenvalue weighted by Crippen LogP contribution is 2.28. The van der Waals surface area contributed by atoms with E-state index >= 15 is 0 Å². The monoisotopic (exact) mass is 410 g/mol. The molecule has 0 unspecified atom stereocenters. The number of oxime groups is 1. The molecule has 0 saturated carbocycles. The number of fused-ring (bicyclic) bond motifs is 1. The molecule has 0 bridgehead atoms. The van der Waals surface area contributed by atoms with E-state index in [1.165, 1.54) is 31.1 Å². The highest BCUT2D eigenvalue weighted by molar-refractivity contribution is 6.45. The van der Waals surface area contributed by atoms with Crippen LogP contribution in [-0.2, 0) is 28.9 Å². The Balaban J connectivity index is 1.65. The van der Waals surface area contributed by atoms with Gasteiger partial charge in [0.1, 0.15) is 7.11 Å². The molecule has 2 aromatic rings. The lowest BCUT2D eigenvalue weighted by atomic mass is 9.89. The second-order valence-electron chi connectivity index (χ2n) is 7.24. The third kappa shape index (κ3) is 5.32. The van der Waals surface area contributed by atoms with Crippen LogP contribution in [0.3, 0.4) is 0 Å². The lowest BCUT2D eigenvalue weighted by molar-refractivity contribution is -0.114. The Morgan fingerprint density at radius 1 is 1.03 bits per heavy atom. The average Bonchev–Trinajstić information content (AvgIpc) is 2.77. The molecule has 2 aromatic carbocycles. The largest absolute Gasteiger partial charge is 0.493 e. The van der Waals surface area contributed by atoms with E-state index in [9.17, 15) is 4.79 Å². The summed E-state index contributed by atoms with van der Waals surface area (Å²) in [5, 5.41) is 6.95. The van der Waals surface area contributed by atoms with Gasteiger partial charge in [-0.1, -0.05) is 23.4 Å². The average molecular weight is 411 g/mol. The highest BCUT2D eigenvalue weighted by atomic mass is 16.6. The molecule has 1 N–H and O–H groups in total. The van der Waals surface area contributed by atoms with Gasteiger partial charge >= 0.3 is 0 Å². The summed E-state index contributed by atoms with van der Waals surface area (Å²) >= 11 is 0. The number of aryl methyl sites for hydroxylation is 2. The van der Waals surface area contributed by atoms with Gasteiger partial charge in [0.2, 0.25) is 0 Å². The predicted octanol–water partition coefficient (Wildman–Crippen LogP) is 3.68. The fraction of sp³-hybridized carbons (Fsp3) is 0.417. The van der Waals surface area contributed by atoms with Crippen LogP contribution in [0.2, 0.25) is 0 Å². The number of amides is 1. The van der Waals surface area contributed by atoms with Gasteiger partial charge in [0.15, 0.2) is 17.2 Å². The van der Waals surface area contributed by atoms with Crippen LogP contribution < -0.4 is 14.8 Å². The minimum absolute atomic E-state index is 0.244. The third-order valence-corrected chi connectivity index (χ3v) is 5.25. The summed E-state index contributed by atoms with van der Waals surface area (Å²) in [6, 6.07) is 11.9. The van der Waals surface area contributed by atoms with E-state index in [0.29, 0.717) is 36.8 Å². The van der Waals surface area contributed by atoms with Gasteiger partial charge in [-0.15, -0.1) is 0 Å². The maximum absolute atomic E-state index is 12.8. The van der Waals surface area contributed by atoms with Crippen molar-refractivity contribution in [3.05, 3.63) is 58.7 Å². The summed E-state index contributed by atoms with van der Waals surface area (Å²) < 4.78 is 10.9. The molecule has 3 rings (SSSR count).